The molecule has 0 atom stereocenters. The second-order valence-corrected chi connectivity index (χ2v) is 6.55. The van der Waals surface area contributed by atoms with Gasteiger partial charge < -0.3 is 9.52 Å². The molecule has 2 aromatic rings. The minimum Gasteiger partial charge on any atom is -0.513 e. The third-order valence-corrected chi connectivity index (χ3v) is 4.66. The fourth-order valence-electron chi connectivity index (χ4n) is 3.45. The molecule has 0 bridgehead atoms. The number of benzene rings is 1. The molecule has 0 fully saturated rings. The largest absolute Gasteiger partial charge is 0.513 e. The van der Waals surface area contributed by atoms with Crippen LogP contribution in [-0.4, -0.2) is 21.9 Å². The lowest BCUT2D eigenvalue weighted by atomic mass is 9.93. The van der Waals surface area contributed by atoms with E-state index < -0.39 is 23.3 Å². The Kier molecular flexibility index (Phi) is 3.91. The van der Waals surface area contributed by atoms with Crippen LogP contribution in [0.3, 0.4) is 0 Å². The van der Waals surface area contributed by atoms with E-state index in [0.29, 0.717) is 24.0 Å². The third kappa shape index (κ3) is 2.73. The second kappa shape index (κ2) is 6.15. The Morgan fingerprint density at radius 2 is 1.81 bits per heavy atom. The molecule has 1 aromatic carbocycles. The first-order valence-corrected chi connectivity index (χ1v) is 8.49. The van der Waals surface area contributed by atoms with Crippen LogP contribution in [0.4, 0.5) is 10.1 Å². The normalized spacial score (nSPS) is 17.9. The third-order valence-electron chi connectivity index (χ3n) is 4.66. The van der Waals surface area contributed by atoms with Crippen molar-refractivity contribution in [1.82, 2.24) is 4.98 Å². The molecule has 27 heavy (non-hydrogen) atoms. The van der Waals surface area contributed by atoms with Gasteiger partial charge in [0.2, 0.25) is 0 Å². The second-order valence-electron chi connectivity index (χ2n) is 6.55. The molecule has 1 aromatic heterocycles. The number of amides is 2. The Morgan fingerprint density at radius 3 is 2.41 bits per heavy atom. The van der Waals surface area contributed by atoms with Crippen LogP contribution in [0, 0.1) is 5.82 Å². The van der Waals surface area contributed by atoms with Gasteiger partial charge in [0.1, 0.15) is 5.52 Å². The number of hydrogen-bond donors (Lipinski definition) is 1. The van der Waals surface area contributed by atoms with E-state index >= 15 is 0 Å². The molecule has 4 rings (SSSR count). The van der Waals surface area contributed by atoms with Crippen molar-refractivity contribution in [2.45, 2.75) is 32.6 Å². The molecule has 2 amide bonds. The first-order valence-electron chi connectivity index (χ1n) is 8.49. The fourth-order valence-corrected chi connectivity index (χ4v) is 3.45. The van der Waals surface area contributed by atoms with Crippen LogP contribution >= 0.6 is 0 Å². The SMILES string of the molecule is C/C(O)=C/c1nc2cc(N3C(=O)C4=C(CCCC4)C3=O)c(F)cc2oc1=O. The van der Waals surface area contributed by atoms with Crippen LogP contribution in [0.15, 0.2) is 38.2 Å². The van der Waals surface area contributed by atoms with Gasteiger partial charge in [-0.2, -0.15) is 0 Å². The number of fused-ring (bicyclic) bond motifs is 1. The fraction of sp³-hybridized carbons (Fsp3) is 0.263. The molecule has 0 radical (unpaired) electrons. The number of allylic oxidation sites excluding steroid dienone is 1. The molecule has 7 nitrogen and oxygen atoms in total. The molecule has 1 aliphatic heterocycles. The molecule has 0 spiro atoms. The van der Waals surface area contributed by atoms with Crippen molar-refractivity contribution in [2.24, 2.45) is 0 Å². The van der Waals surface area contributed by atoms with Crippen molar-refractivity contribution < 1.29 is 23.5 Å². The van der Waals surface area contributed by atoms with E-state index in [2.05, 4.69) is 4.98 Å². The molecule has 2 aliphatic rings. The van der Waals surface area contributed by atoms with E-state index in [4.69, 9.17) is 4.42 Å². The van der Waals surface area contributed by atoms with Crippen molar-refractivity contribution in [3.63, 3.8) is 0 Å². The lowest BCUT2D eigenvalue weighted by Crippen LogP contribution is -2.32. The summed E-state index contributed by atoms with van der Waals surface area (Å²) in [7, 11) is 0. The molecular weight excluding hydrogens is 355 g/mol. The topological polar surface area (TPSA) is 101 Å². The van der Waals surface area contributed by atoms with E-state index in [-0.39, 0.29) is 28.2 Å². The van der Waals surface area contributed by atoms with Crippen LogP contribution in [0.2, 0.25) is 0 Å². The number of anilines is 1. The number of hydrogen-bond acceptors (Lipinski definition) is 6. The smallest absolute Gasteiger partial charge is 0.362 e. The molecule has 1 aliphatic carbocycles. The molecule has 0 saturated heterocycles. The minimum atomic E-state index is -0.865. The Balaban J connectivity index is 1.85. The highest BCUT2D eigenvalue weighted by Crippen LogP contribution is 2.37. The number of carbonyl (C=O) groups excluding carboxylic acids is 2. The maximum atomic E-state index is 14.6. The number of rotatable bonds is 2. The number of aliphatic hydroxyl groups is 1. The van der Waals surface area contributed by atoms with Crippen LogP contribution in [0.1, 0.15) is 38.3 Å². The van der Waals surface area contributed by atoms with Crippen molar-refractivity contribution >= 4 is 34.7 Å². The van der Waals surface area contributed by atoms with Gasteiger partial charge in [0.25, 0.3) is 11.8 Å². The van der Waals surface area contributed by atoms with E-state index in [1.54, 1.807) is 0 Å². The highest BCUT2D eigenvalue weighted by Gasteiger charge is 2.40. The summed E-state index contributed by atoms with van der Waals surface area (Å²) in [6.45, 7) is 1.36. The quantitative estimate of drug-likeness (QED) is 0.644. The van der Waals surface area contributed by atoms with Crippen LogP contribution < -0.4 is 10.5 Å². The van der Waals surface area contributed by atoms with Crippen LogP contribution in [0.5, 0.6) is 0 Å². The summed E-state index contributed by atoms with van der Waals surface area (Å²) in [5.41, 5.74) is -0.389. The van der Waals surface area contributed by atoms with Gasteiger partial charge in [-0.05, 0) is 38.7 Å². The molecular formula is C19H15FN2O5. The zero-order valence-electron chi connectivity index (χ0n) is 14.4. The maximum Gasteiger partial charge on any atom is 0.362 e. The number of halogens is 1. The Labute approximate surface area is 152 Å². The van der Waals surface area contributed by atoms with Gasteiger partial charge in [-0.3, -0.25) is 9.59 Å². The predicted molar refractivity (Wildman–Crippen MR) is 94.5 cm³/mol. The summed E-state index contributed by atoms with van der Waals surface area (Å²) >= 11 is 0. The van der Waals surface area contributed by atoms with Crippen LogP contribution in [-0.2, 0) is 9.59 Å². The van der Waals surface area contributed by atoms with E-state index in [9.17, 15) is 23.9 Å². The monoisotopic (exact) mass is 370 g/mol. The van der Waals surface area contributed by atoms with E-state index in [0.717, 1.165) is 29.9 Å². The van der Waals surface area contributed by atoms with E-state index in [1.807, 2.05) is 0 Å². The molecule has 2 heterocycles. The average Bonchev–Trinajstić information content (AvgIpc) is 2.87. The van der Waals surface area contributed by atoms with Crippen LogP contribution in [0.25, 0.3) is 17.2 Å². The number of carbonyl (C=O) groups is 2. The van der Waals surface area contributed by atoms with Gasteiger partial charge in [0.05, 0.1) is 11.4 Å². The maximum absolute atomic E-state index is 14.6. The Morgan fingerprint density at radius 1 is 1.19 bits per heavy atom. The summed E-state index contributed by atoms with van der Waals surface area (Å²) in [6.07, 6.45) is 3.75. The minimum absolute atomic E-state index is 0.0870. The molecule has 138 valence electrons. The van der Waals surface area contributed by atoms with Crippen molar-refractivity contribution in [3.05, 3.63) is 51.0 Å². The van der Waals surface area contributed by atoms with Gasteiger partial charge in [-0.1, -0.05) is 0 Å². The number of aromatic nitrogens is 1. The van der Waals surface area contributed by atoms with E-state index in [1.165, 1.54) is 13.0 Å². The average molecular weight is 370 g/mol. The van der Waals surface area contributed by atoms with Gasteiger partial charge in [0.15, 0.2) is 17.1 Å². The number of aliphatic hydroxyl groups excluding tert-OH is 1. The molecule has 0 unspecified atom stereocenters. The summed E-state index contributed by atoms with van der Waals surface area (Å²) in [5.74, 6) is -2.05. The van der Waals surface area contributed by atoms with Gasteiger partial charge in [-0.15, -0.1) is 0 Å². The molecule has 1 N–H and O–H groups in total. The van der Waals surface area contributed by atoms with Crippen molar-refractivity contribution in [3.8, 4) is 0 Å². The summed E-state index contributed by atoms with van der Waals surface area (Å²) in [4.78, 5) is 42.0. The summed E-state index contributed by atoms with van der Waals surface area (Å²) in [5, 5.41) is 9.34. The highest BCUT2D eigenvalue weighted by atomic mass is 19.1. The lowest BCUT2D eigenvalue weighted by Gasteiger charge is -2.16. The highest BCUT2D eigenvalue weighted by molar-refractivity contribution is 6.33. The molecule has 0 saturated carbocycles. The summed E-state index contributed by atoms with van der Waals surface area (Å²) < 4.78 is 19.7. The lowest BCUT2D eigenvalue weighted by molar-refractivity contribution is -0.120. The van der Waals surface area contributed by atoms with Gasteiger partial charge in [0, 0.05) is 23.3 Å². The Bertz CT molecular complexity index is 1100. The zero-order chi connectivity index (χ0) is 19.3. The first kappa shape index (κ1) is 17.1. The van der Waals surface area contributed by atoms with Gasteiger partial charge >= 0.3 is 5.63 Å². The standard InChI is InChI=1S/C19H15FN2O5/c1-9(23)6-14-19(26)27-16-7-12(20)15(8-13(16)21-14)22-17(24)10-4-2-3-5-11(10)18(22)25/h6-8,23H,2-5H2,1H3/b9-6-. The Hall–Kier alpha value is -3.29. The van der Waals surface area contributed by atoms with Gasteiger partial charge in [-0.25, -0.2) is 19.1 Å². The predicted octanol–water partition coefficient (Wildman–Crippen LogP) is 2.99. The van der Waals surface area contributed by atoms with Crippen molar-refractivity contribution in [2.75, 3.05) is 4.90 Å². The van der Waals surface area contributed by atoms with Crippen molar-refractivity contribution in [1.29, 1.82) is 0 Å². The number of nitrogens with zero attached hydrogens (tertiary/aromatic N) is 2. The zero-order valence-corrected chi connectivity index (χ0v) is 14.4. The number of imide groups is 1. The molecule has 8 heteroatoms. The first-order chi connectivity index (χ1) is 12.9. The summed E-state index contributed by atoms with van der Waals surface area (Å²) in [6, 6.07) is 2.13.